The van der Waals surface area contributed by atoms with E-state index in [1.165, 1.54) is 0 Å². The predicted molar refractivity (Wildman–Crippen MR) is 50.8 cm³/mol. The quantitative estimate of drug-likeness (QED) is 0.686. The number of anilines is 1. The molecule has 0 spiro atoms. The van der Waals surface area contributed by atoms with Crippen LogP contribution in [0.5, 0.6) is 0 Å². The fourth-order valence-electron chi connectivity index (χ4n) is 1.65. The van der Waals surface area contributed by atoms with E-state index in [-0.39, 0.29) is 0 Å². The second kappa shape index (κ2) is 2.99. The number of likely N-dealkylation sites (N-methyl/N-ethyl adjacent to an activating group) is 1. The minimum atomic E-state index is 0.296. The van der Waals surface area contributed by atoms with Crippen molar-refractivity contribution < 1.29 is 0 Å². The predicted octanol–water partition coefficient (Wildman–Crippen LogP) is -0.210. The zero-order valence-electron chi connectivity index (χ0n) is 8.06. The minimum absolute atomic E-state index is 0.296. The highest BCUT2D eigenvalue weighted by atomic mass is 15.5. The maximum Gasteiger partial charge on any atom is 0.150 e. The molecular weight excluding hydrogens is 166 g/mol. The Hall–Kier alpha value is -1.10. The molecule has 5 nitrogen and oxygen atoms in total. The number of hydrogen-bond acceptors (Lipinski definition) is 4. The van der Waals surface area contributed by atoms with Gasteiger partial charge in [-0.05, 0) is 0 Å². The lowest BCUT2D eigenvalue weighted by Crippen LogP contribution is -2.17. The fraction of sp³-hybridized carbons (Fsp3) is 0.750. The van der Waals surface area contributed by atoms with Crippen LogP contribution in [0.1, 0.15) is 18.5 Å². The van der Waals surface area contributed by atoms with E-state index in [1.54, 1.807) is 0 Å². The Morgan fingerprint density at radius 1 is 1.54 bits per heavy atom. The third-order valence-corrected chi connectivity index (χ3v) is 2.56. The molecule has 2 rings (SSSR count). The fourth-order valence-corrected chi connectivity index (χ4v) is 1.65. The summed E-state index contributed by atoms with van der Waals surface area (Å²) in [6.45, 7) is 4.67. The smallest absolute Gasteiger partial charge is 0.150 e. The van der Waals surface area contributed by atoms with Crippen LogP contribution in [-0.2, 0) is 6.54 Å². The first-order valence-corrected chi connectivity index (χ1v) is 4.58. The molecule has 0 fully saturated rings. The third kappa shape index (κ3) is 1.19. The summed E-state index contributed by atoms with van der Waals surface area (Å²) >= 11 is 0. The van der Waals surface area contributed by atoms with Crippen molar-refractivity contribution in [3.05, 3.63) is 5.69 Å². The molecule has 1 aliphatic heterocycles. The lowest BCUT2D eigenvalue weighted by Gasteiger charge is -2.13. The minimum Gasteiger partial charge on any atom is -0.356 e. The SMILES string of the molecule is CC(CN)c1nnn2c1N(C)CC2. The Labute approximate surface area is 77.5 Å². The molecule has 0 aromatic carbocycles. The van der Waals surface area contributed by atoms with Crippen molar-refractivity contribution in [1.29, 1.82) is 0 Å². The average molecular weight is 181 g/mol. The highest BCUT2D eigenvalue weighted by Crippen LogP contribution is 2.27. The van der Waals surface area contributed by atoms with Crippen LogP contribution in [0.3, 0.4) is 0 Å². The van der Waals surface area contributed by atoms with E-state index < -0.39 is 0 Å². The Balaban J connectivity index is 2.38. The standard InChI is InChI=1S/C8H15N5/c1-6(5-9)7-8-12(2)3-4-13(8)11-10-7/h6H,3-5,9H2,1-2H3. The Morgan fingerprint density at radius 3 is 3.00 bits per heavy atom. The molecule has 1 unspecified atom stereocenters. The maximum atomic E-state index is 5.61. The van der Waals surface area contributed by atoms with Gasteiger partial charge in [-0.3, -0.25) is 0 Å². The molecule has 13 heavy (non-hydrogen) atoms. The zero-order valence-corrected chi connectivity index (χ0v) is 8.06. The molecule has 72 valence electrons. The summed E-state index contributed by atoms with van der Waals surface area (Å²) in [4.78, 5) is 2.18. The van der Waals surface area contributed by atoms with E-state index in [1.807, 2.05) is 4.68 Å². The number of aromatic nitrogens is 3. The van der Waals surface area contributed by atoms with Gasteiger partial charge < -0.3 is 10.6 Å². The van der Waals surface area contributed by atoms with E-state index in [0.29, 0.717) is 12.5 Å². The summed E-state index contributed by atoms with van der Waals surface area (Å²) < 4.78 is 1.95. The molecular formula is C8H15N5. The van der Waals surface area contributed by atoms with Gasteiger partial charge in [-0.15, -0.1) is 5.10 Å². The number of fused-ring (bicyclic) bond motifs is 1. The Morgan fingerprint density at radius 2 is 2.31 bits per heavy atom. The van der Waals surface area contributed by atoms with Crippen LogP contribution in [0.4, 0.5) is 5.82 Å². The van der Waals surface area contributed by atoms with Crippen molar-refractivity contribution >= 4 is 5.82 Å². The molecule has 1 aliphatic rings. The maximum absolute atomic E-state index is 5.61. The second-order valence-corrected chi connectivity index (χ2v) is 3.58. The molecule has 0 amide bonds. The van der Waals surface area contributed by atoms with Gasteiger partial charge >= 0.3 is 0 Å². The molecule has 0 aliphatic carbocycles. The molecule has 2 heterocycles. The van der Waals surface area contributed by atoms with Crippen molar-refractivity contribution in [3.8, 4) is 0 Å². The van der Waals surface area contributed by atoms with Gasteiger partial charge in [0.2, 0.25) is 0 Å². The second-order valence-electron chi connectivity index (χ2n) is 3.58. The van der Waals surface area contributed by atoms with Crippen molar-refractivity contribution in [3.63, 3.8) is 0 Å². The van der Waals surface area contributed by atoms with Crippen LogP contribution >= 0.6 is 0 Å². The number of hydrogen-bond donors (Lipinski definition) is 1. The van der Waals surface area contributed by atoms with E-state index in [2.05, 4.69) is 29.2 Å². The van der Waals surface area contributed by atoms with Gasteiger partial charge in [-0.2, -0.15) is 0 Å². The summed E-state index contributed by atoms with van der Waals surface area (Å²) in [5.41, 5.74) is 6.64. The molecule has 0 saturated heterocycles. The zero-order chi connectivity index (χ0) is 9.42. The van der Waals surface area contributed by atoms with Gasteiger partial charge in [0.15, 0.2) is 5.82 Å². The molecule has 0 saturated carbocycles. The number of rotatable bonds is 2. The van der Waals surface area contributed by atoms with Gasteiger partial charge in [0.25, 0.3) is 0 Å². The number of nitrogens with zero attached hydrogens (tertiary/aromatic N) is 4. The molecule has 1 aromatic heterocycles. The van der Waals surface area contributed by atoms with Crippen LogP contribution in [-0.4, -0.2) is 35.1 Å². The van der Waals surface area contributed by atoms with Gasteiger partial charge in [0, 0.05) is 26.1 Å². The molecule has 0 bridgehead atoms. The van der Waals surface area contributed by atoms with Crippen LogP contribution < -0.4 is 10.6 Å². The monoisotopic (exact) mass is 181 g/mol. The van der Waals surface area contributed by atoms with Crippen molar-refractivity contribution in [2.24, 2.45) is 5.73 Å². The first-order chi connectivity index (χ1) is 6.24. The van der Waals surface area contributed by atoms with Crippen LogP contribution in [0.25, 0.3) is 0 Å². The van der Waals surface area contributed by atoms with Crippen molar-refractivity contribution in [2.75, 3.05) is 25.0 Å². The Bertz CT molecular complexity index is 305. The summed E-state index contributed by atoms with van der Waals surface area (Å²) in [5.74, 6) is 1.43. The normalized spacial score (nSPS) is 17.6. The van der Waals surface area contributed by atoms with Gasteiger partial charge in [0.05, 0.1) is 6.54 Å². The summed E-state index contributed by atoms with van der Waals surface area (Å²) in [5, 5.41) is 8.24. The van der Waals surface area contributed by atoms with E-state index in [0.717, 1.165) is 24.6 Å². The molecule has 2 N–H and O–H groups in total. The largest absolute Gasteiger partial charge is 0.356 e. The van der Waals surface area contributed by atoms with Crippen molar-refractivity contribution in [2.45, 2.75) is 19.4 Å². The van der Waals surface area contributed by atoms with E-state index >= 15 is 0 Å². The Kier molecular flexibility index (Phi) is 1.95. The molecule has 1 atom stereocenters. The first kappa shape index (κ1) is 8.50. The van der Waals surface area contributed by atoms with Gasteiger partial charge in [-0.25, -0.2) is 4.68 Å². The van der Waals surface area contributed by atoms with Gasteiger partial charge in [-0.1, -0.05) is 12.1 Å². The summed E-state index contributed by atoms with van der Waals surface area (Å²) in [7, 11) is 2.06. The summed E-state index contributed by atoms with van der Waals surface area (Å²) in [6, 6.07) is 0. The van der Waals surface area contributed by atoms with Crippen molar-refractivity contribution in [1.82, 2.24) is 15.0 Å². The highest BCUT2D eigenvalue weighted by Gasteiger charge is 2.24. The van der Waals surface area contributed by atoms with E-state index in [9.17, 15) is 0 Å². The topological polar surface area (TPSA) is 60.0 Å². The first-order valence-electron chi connectivity index (χ1n) is 4.58. The average Bonchev–Trinajstić information content (AvgIpc) is 2.68. The van der Waals surface area contributed by atoms with Gasteiger partial charge in [0.1, 0.15) is 5.69 Å². The lowest BCUT2D eigenvalue weighted by molar-refractivity contribution is 0.643. The molecule has 0 radical (unpaired) electrons. The molecule has 1 aromatic rings. The lowest BCUT2D eigenvalue weighted by atomic mass is 10.1. The highest BCUT2D eigenvalue weighted by molar-refractivity contribution is 5.47. The molecule has 5 heteroatoms. The van der Waals surface area contributed by atoms with E-state index in [4.69, 9.17) is 5.73 Å². The third-order valence-electron chi connectivity index (χ3n) is 2.56. The van der Waals surface area contributed by atoms with Crippen LogP contribution in [0, 0.1) is 0 Å². The van der Waals surface area contributed by atoms with Crippen LogP contribution in [0.15, 0.2) is 0 Å². The van der Waals surface area contributed by atoms with Crippen LogP contribution in [0.2, 0.25) is 0 Å². The summed E-state index contributed by atoms with van der Waals surface area (Å²) in [6.07, 6.45) is 0. The number of nitrogens with two attached hydrogens (primary N) is 1.